The van der Waals surface area contributed by atoms with E-state index in [9.17, 15) is 62.3 Å². The third-order valence-corrected chi connectivity index (χ3v) is 11.8. The van der Waals surface area contributed by atoms with Crippen LogP contribution in [0.5, 0.6) is 0 Å². The number of ether oxygens (including phenoxy) is 1. The van der Waals surface area contributed by atoms with Crippen molar-refractivity contribution in [3.63, 3.8) is 0 Å². The average Bonchev–Trinajstić information content (AvgIpc) is 3.68. The number of fused-ring (bicyclic) bond motifs is 1. The number of hydrogen-bond donors (Lipinski definition) is 9. The zero-order chi connectivity index (χ0) is 42.3. The number of aromatic nitrogens is 4. The highest BCUT2D eigenvalue weighted by molar-refractivity contribution is 8.14. The first-order valence-electron chi connectivity index (χ1n) is 16.3. The Bertz CT molecular complexity index is 2080. The van der Waals surface area contributed by atoms with Crippen molar-refractivity contribution in [1.82, 2.24) is 30.2 Å². The number of benzene rings is 1. The van der Waals surface area contributed by atoms with E-state index < -0.39 is 95.5 Å². The largest absolute Gasteiger partial charge is 0.481 e. The molecular weight excluding hydrogens is 850 g/mol. The van der Waals surface area contributed by atoms with Crippen LogP contribution in [0.25, 0.3) is 11.2 Å². The number of carbonyl (C=O) groups is 3. The van der Waals surface area contributed by atoms with Gasteiger partial charge in [-0.1, -0.05) is 37.7 Å². The van der Waals surface area contributed by atoms with Crippen LogP contribution in [-0.4, -0.2) is 123 Å². The van der Waals surface area contributed by atoms with E-state index >= 15 is 0 Å². The van der Waals surface area contributed by atoms with Crippen LogP contribution < -0.4 is 16.4 Å². The van der Waals surface area contributed by atoms with Gasteiger partial charge in [0.25, 0.3) is 0 Å². The molecule has 0 radical (unpaired) electrons. The van der Waals surface area contributed by atoms with Gasteiger partial charge in [0.1, 0.15) is 42.1 Å². The summed E-state index contributed by atoms with van der Waals surface area (Å²) >= 11 is 0.797. The summed E-state index contributed by atoms with van der Waals surface area (Å²) < 4.78 is 75.7. The zero-order valence-corrected chi connectivity index (χ0v) is 33.3. The summed E-state index contributed by atoms with van der Waals surface area (Å²) in [6, 6.07) is 5.43. The lowest BCUT2D eigenvalue weighted by molar-refractivity contribution is -0.137. The maximum Gasteiger partial charge on any atom is 0.481 e. The Labute approximate surface area is 326 Å². The standard InChI is InChI=1S/C28H39FN7O17P3S/c1-28(2,22(39)25(40)32-8-7-18(37)31-9-10-57-27(41)15-5-3-4-6-16(15)29)12-50-56(47,48)53-55(45,46)49-11-17-21(52-54(42,43)44)20(38)26(51-17)36-14-35-19-23(30)33-13-34-24(19)36/h3-6,13-14,17,20-22,26,38-39H,7-12H2,1-2H3,(H,31,37)(H,32,40)(H,45,46)(H,47,48)(H2,30,33,34)(H2,42,43,44). The molecule has 4 rings (SSSR count). The predicted molar refractivity (Wildman–Crippen MR) is 193 cm³/mol. The monoisotopic (exact) mass is 889 g/mol. The van der Waals surface area contributed by atoms with Gasteiger partial charge in [0.2, 0.25) is 16.9 Å². The van der Waals surface area contributed by atoms with Gasteiger partial charge >= 0.3 is 23.5 Å². The van der Waals surface area contributed by atoms with Crippen molar-refractivity contribution in [2.24, 2.45) is 5.41 Å². The molecule has 0 aliphatic carbocycles. The number of hydrogen-bond acceptors (Lipinski definition) is 18. The van der Waals surface area contributed by atoms with Crippen molar-refractivity contribution >= 4 is 69.1 Å². The van der Waals surface area contributed by atoms with E-state index in [0.29, 0.717) is 0 Å². The van der Waals surface area contributed by atoms with Crippen molar-refractivity contribution in [3.05, 3.63) is 48.3 Å². The number of halogens is 1. The molecule has 57 heavy (non-hydrogen) atoms. The molecule has 1 fully saturated rings. The second-order valence-electron chi connectivity index (χ2n) is 12.7. The summed E-state index contributed by atoms with van der Waals surface area (Å²) in [6.07, 6.45) is -7.09. The first kappa shape index (κ1) is 46.4. The number of nitrogens with zero attached hydrogens (tertiary/aromatic N) is 4. The molecule has 7 atom stereocenters. The van der Waals surface area contributed by atoms with Crippen LogP contribution in [0, 0.1) is 11.2 Å². The summed E-state index contributed by atoms with van der Waals surface area (Å²) in [4.78, 5) is 87.7. The Kier molecular flexibility index (Phi) is 15.6. The molecule has 1 aromatic carbocycles. The molecule has 0 bridgehead atoms. The van der Waals surface area contributed by atoms with E-state index in [-0.39, 0.29) is 47.8 Å². The van der Waals surface area contributed by atoms with Crippen LogP contribution in [0.3, 0.4) is 0 Å². The molecule has 2 amide bonds. The fourth-order valence-corrected chi connectivity index (χ4v) is 8.52. The van der Waals surface area contributed by atoms with E-state index in [1.54, 1.807) is 0 Å². The Hall–Kier alpha value is -3.29. The summed E-state index contributed by atoms with van der Waals surface area (Å²) in [7, 11) is -16.4. The van der Waals surface area contributed by atoms with E-state index in [1.807, 2.05) is 0 Å². The fourth-order valence-electron chi connectivity index (χ4n) is 4.98. The topological polar surface area (TPSA) is 364 Å². The van der Waals surface area contributed by atoms with Gasteiger partial charge in [-0.2, -0.15) is 4.31 Å². The molecule has 3 aromatic rings. The van der Waals surface area contributed by atoms with E-state index in [2.05, 4.69) is 34.4 Å². The number of aliphatic hydroxyl groups excluding tert-OH is 2. The van der Waals surface area contributed by atoms with Crippen molar-refractivity contribution in [1.29, 1.82) is 0 Å². The number of phosphoric ester groups is 3. The first-order chi connectivity index (χ1) is 26.5. The molecule has 1 aliphatic heterocycles. The van der Waals surface area contributed by atoms with Gasteiger partial charge in [0, 0.05) is 30.7 Å². The Morgan fingerprint density at radius 3 is 2.42 bits per heavy atom. The van der Waals surface area contributed by atoms with Crippen molar-refractivity contribution in [3.8, 4) is 0 Å². The number of amides is 2. The molecule has 1 saturated heterocycles. The lowest BCUT2D eigenvalue weighted by Gasteiger charge is -2.30. The van der Waals surface area contributed by atoms with Crippen molar-refractivity contribution < 1.29 is 84.9 Å². The molecular formula is C28H39FN7O17P3S. The van der Waals surface area contributed by atoms with Crippen LogP contribution in [0.15, 0.2) is 36.9 Å². The number of nitrogen functional groups attached to an aromatic ring is 1. The first-order valence-corrected chi connectivity index (χ1v) is 21.8. The molecule has 10 N–H and O–H groups in total. The Morgan fingerprint density at radius 1 is 1.05 bits per heavy atom. The fraction of sp³-hybridized carbons (Fsp3) is 0.500. The summed E-state index contributed by atoms with van der Waals surface area (Å²) in [5.41, 5.74) is 4.11. The maximum atomic E-state index is 13.7. The second kappa shape index (κ2) is 19.2. The van der Waals surface area contributed by atoms with Crippen LogP contribution >= 0.6 is 35.2 Å². The Morgan fingerprint density at radius 2 is 1.74 bits per heavy atom. The molecule has 1 aliphatic rings. The summed E-state index contributed by atoms with van der Waals surface area (Å²) in [5, 5.41) is 25.7. The SMILES string of the molecule is CC(C)(COP(=O)(O)OP(=O)(O)OCC1OC(n2cnc3c(N)ncnc32)C(O)C1OP(=O)(O)O)C(O)C(=O)NCCC(=O)NCCSC(=O)c1ccccc1F. The third-order valence-electron chi connectivity index (χ3n) is 7.83. The van der Waals surface area contributed by atoms with Gasteiger partial charge in [-0.25, -0.2) is 33.0 Å². The average molecular weight is 890 g/mol. The lowest BCUT2D eigenvalue weighted by atomic mass is 9.87. The summed E-state index contributed by atoms with van der Waals surface area (Å²) in [6.45, 7) is 0.194. The minimum atomic E-state index is -5.59. The molecule has 2 aromatic heterocycles. The Balaban J connectivity index is 1.23. The van der Waals surface area contributed by atoms with E-state index in [4.69, 9.17) is 19.5 Å². The van der Waals surface area contributed by atoms with Crippen LogP contribution in [0.4, 0.5) is 10.2 Å². The van der Waals surface area contributed by atoms with Gasteiger partial charge < -0.3 is 50.9 Å². The van der Waals surface area contributed by atoms with E-state index in [1.165, 1.54) is 32.0 Å². The predicted octanol–water partition coefficient (Wildman–Crippen LogP) is 0.118. The van der Waals surface area contributed by atoms with Gasteiger partial charge in [-0.05, 0) is 12.1 Å². The highest BCUT2D eigenvalue weighted by atomic mass is 32.2. The molecule has 7 unspecified atom stereocenters. The van der Waals surface area contributed by atoms with Crippen LogP contribution in [0.2, 0.25) is 0 Å². The van der Waals surface area contributed by atoms with Gasteiger partial charge in [0.15, 0.2) is 17.7 Å². The number of carbonyl (C=O) groups excluding carboxylic acids is 3. The quantitative estimate of drug-likeness (QED) is 0.0537. The number of imidazole rings is 1. The van der Waals surface area contributed by atoms with E-state index in [0.717, 1.165) is 35.0 Å². The van der Waals surface area contributed by atoms with Gasteiger partial charge in [0.05, 0.1) is 25.1 Å². The van der Waals surface area contributed by atoms with Gasteiger partial charge in [-0.3, -0.25) is 32.5 Å². The molecule has 29 heteroatoms. The number of nitrogens with two attached hydrogens (primary N) is 1. The molecule has 24 nitrogen and oxygen atoms in total. The normalized spacial score (nSPS) is 21.4. The zero-order valence-electron chi connectivity index (χ0n) is 29.8. The van der Waals surface area contributed by atoms with Crippen molar-refractivity contribution in [2.75, 3.05) is 37.8 Å². The number of phosphoric acid groups is 3. The lowest BCUT2D eigenvalue weighted by Crippen LogP contribution is -2.46. The number of thioether (sulfide) groups is 1. The summed E-state index contributed by atoms with van der Waals surface area (Å²) in [5.74, 6) is -2.12. The molecule has 0 spiro atoms. The number of rotatable bonds is 20. The minimum Gasteiger partial charge on any atom is -0.386 e. The van der Waals surface area contributed by atoms with Crippen LogP contribution in [0.1, 0.15) is 36.9 Å². The third kappa shape index (κ3) is 13.1. The van der Waals surface area contributed by atoms with Gasteiger partial charge in [-0.15, -0.1) is 0 Å². The second-order valence-corrected chi connectivity index (χ2v) is 18.0. The number of anilines is 1. The highest BCUT2D eigenvalue weighted by Gasteiger charge is 2.50. The smallest absolute Gasteiger partial charge is 0.386 e. The van der Waals surface area contributed by atoms with Crippen molar-refractivity contribution in [2.45, 2.75) is 50.9 Å². The number of aliphatic hydroxyl groups is 2. The molecule has 0 saturated carbocycles. The molecule has 316 valence electrons. The maximum absolute atomic E-state index is 13.7. The number of nitrogens with one attached hydrogen (secondary N) is 2. The molecule has 3 heterocycles. The minimum absolute atomic E-state index is 0.0210. The highest BCUT2D eigenvalue weighted by Crippen LogP contribution is 2.61. The van der Waals surface area contributed by atoms with Crippen LogP contribution in [-0.2, 0) is 45.9 Å².